The maximum Gasteiger partial charge on any atom is 0.305 e. The van der Waals surface area contributed by atoms with Crippen LogP contribution in [0.1, 0.15) is 24.0 Å². The van der Waals surface area contributed by atoms with E-state index in [1.54, 1.807) is 6.20 Å². The van der Waals surface area contributed by atoms with Gasteiger partial charge in [-0.25, -0.2) is 0 Å². The highest BCUT2D eigenvalue weighted by molar-refractivity contribution is 5.94. The molecule has 0 radical (unpaired) electrons. The van der Waals surface area contributed by atoms with Gasteiger partial charge in [-0.2, -0.15) is 0 Å². The Labute approximate surface area is 106 Å². The van der Waals surface area contributed by atoms with Gasteiger partial charge in [0.15, 0.2) is 0 Å². The van der Waals surface area contributed by atoms with E-state index in [0.29, 0.717) is 6.42 Å². The van der Waals surface area contributed by atoms with Crippen molar-refractivity contribution < 1.29 is 14.7 Å². The number of carboxylic acid groups (broad SMARTS) is 1. The van der Waals surface area contributed by atoms with Crippen LogP contribution in [0.4, 0.5) is 0 Å². The van der Waals surface area contributed by atoms with E-state index in [-0.39, 0.29) is 18.9 Å². The van der Waals surface area contributed by atoms with Crippen molar-refractivity contribution in [3.63, 3.8) is 0 Å². The SMILES string of the molecule is Cc1ccc(C2=CN(CCC(=O)O)C(=O)C2)cc1. The fourth-order valence-corrected chi connectivity index (χ4v) is 1.92. The summed E-state index contributed by atoms with van der Waals surface area (Å²) < 4.78 is 0. The van der Waals surface area contributed by atoms with Crippen LogP contribution < -0.4 is 0 Å². The molecule has 4 nitrogen and oxygen atoms in total. The lowest BCUT2D eigenvalue weighted by Crippen LogP contribution is -2.23. The predicted octanol–water partition coefficient (Wildman–Crippen LogP) is 2.04. The maximum absolute atomic E-state index is 11.7. The molecule has 0 atom stereocenters. The molecule has 0 bridgehead atoms. The first-order valence-corrected chi connectivity index (χ1v) is 5.85. The summed E-state index contributed by atoms with van der Waals surface area (Å²) in [7, 11) is 0. The first-order valence-electron chi connectivity index (χ1n) is 5.85. The molecule has 1 aliphatic rings. The molecule has 4 heteroatoms. The molecular formula is C14H15NO3. The van der Waals surface area contributed by atoms with Crippen molar-refractivity contribution in [1.82, 2.24) is 4.90 Å². The summed E-state index contributed by atoms with van der Waals surface area (Å²) in [6.07, 6.45) is 2.09. The number of amides is 1. The van der Waals surface area contributed by atoms with Crippen LogP contribution in [0.3, 0.4) is 0 Å². The van der Waals surface area contributed by atoms with Crippen molar-refractivity contribution in [2.24, 2.45) is 0 Å². The molecule has 0 unspecified atom stereocenters. The number of aliphatic carboxylic acids is 1. The average molecular weight is 245 g/mol. The Kier molecular flexibility index (Phi) is 3.46. The molecular weight excluding hydrogens is 230 g/mol. The third-order valence-corrected chi connectivity index (χ3v) is 2.96. The highest BCUT2D eigenvalue weighted by Crippen LogP contribution is 2.26. The van der Waals surface area contributed by atoms with Gasteiger partial charge in [0, 0.05) is 12.7 Å². The molecule has 1 N–H and O–H groups in total. The number of nitrogens with zero attached hydrogens (tertiary/aromatic N) is 1. The van der Waals surface area contributed by atoms with E-state index >= 15 is 0 Å². The number of hydrogen-bond acceptors (Lipinski definition) is 2. The van der Waals surface area contributed by atoms with Crippen LogP contribution in [0.5, 0.6) is 0 Å². The van der Waals surface area contributed by atoms with Gasteiger partial charge in [-0.15, -0.1) is 0 Å². The first kappa shape index (κ1) is 12.4. The lowest BCUT2D eigenvalue weighted by atomic mass is 10.0. The molecule has 0 fully saturated rings. The van der Waals surface area contributed by atoms with Gasteiger partial charge in [0.25, 0.3) is 0 Å². The number of aryl methyl sites for hydroxylation is 1. The minimum atomic E-state index is -0.889. The molecule has 1 amide bonds. The summed E-state index contributed by atoms with van der Waals surface area (Å²) in [5.41, 5.74) is 3.14. The zero-order valence-corrected chi connectivity index (χ0v) is 10.2. The number of carboxylic acids is 1. The maximum atomic E-state index is 11.7. The fraction of sp³-hybridized carbons (Fsp3) is 0.286. The molecule has 94 valence electrons. The van der Waals surface area contributed by atoms with Crippen LogP contribution in [-0.2, 0) is 9.59 Å². The summed E-state index contributed by atoms with van der Waals surface area (Å²) >= 11 is 0. The highest BCUT2D eigenvalue weighted by atomic mass is 16.4. The predicted molar refractivity (Wildman–Crippen MR) is 67.7 cm³/mol. The van der Waals surface area contributed by atoms with Crippen LogP contribution in [-0.4, -0.2) is 28.4 Å². The van der Waals surface area contributed by atoms with Gasteiger partial charge in [0.05, 0.1) is 12.8 Å². The number of rotatable bonds is 4. The monoisotopic (exact) mass is 245 g/mol. The summed E-state index contributed by atoms with van der Waals surface area (Å²) in [6.45, 7) is 2.25. The third kappa shape index (κ3) is 2.77. The number of hydrogen-bond donors (Lipinski definition) is 1. The van der Waals surface area contributed by atoms with Gasteiger partial charge in [-0.05, 0) is 18.1 Å². The minimum absolute atomic E-state index is 0.0244. The lowest BCUT2D eigenvalue weighted by Gasteiger charge is -2.10. The van der Waals surface area contributed by atoms with Crippen LogP contribution in [0.25, 0.3) is 5.57 Å². The van der Waals surface area contributed by atoms with Gasteiger partial charge >= 0.3 is 5.97 Å². The van der Waals surface area contributed by atoms with Crippen molar-refractivity contribution in [2.75, 3.05) is 6.54 Å². The smallest absolute Gasteiger partial charge is 0.305 e. The summed E-state index contributed by atoms with van der Waals surface area (Å²) in [5.74, 6) is -0.924. The highest BCUT2D eigenvalue weighted by Gasteiger charge is 2.22. The normalized spacial score (nSPS) is 14.8. The second-order valence-electron chi connectivity index (χ2n) is 4.43. The topological polar surface area (TPSA) is 57.6 Å². The van der Waals surface area contributed by atoms with Gasteiger partial charge in [-0.1, -0.05) is 29.8 Å². The average Bonchev–Trinajstić information content (AvgIpc) is 2.69. The van der Waals surface area contributed by atoms with Crippen LogP contribution in [0.2, 0.25) is 0 Å². The zero-order valence-electron chi connectivity index (χ0n) is 10.2. The minimum Gasteiger partial charge on any atom is -0.481 e. The largest absolute Gasteiger partial charge is 0.481 e. The Hall–Kier alpha value is -2.10. The van der Waals surface area contributed by atoms with Crippen molar-refractivity contribution in [3.8, 4) is 0 Å². The quantitative estimate of drug-likeness (QED) is 0.883. The second kappa shape index (κ2) is 5.04. The summed E-state index contributed by atoms with van der Waals surface area (Å²) in [6, 6.07) is 7.96. The van der Waals surface area contributed by atoms with Crippen LogP contribution in [0.15, 0.2) is 30.5 Å². The number of carbonyl (C=O) groups is 2. The van der Waals surface area contributed by atoms with Crippen molar-refractivity contribution in [2.45, 2.75) is 19.8 Å². The van der Waals surface area contributed by atoms with Gasteiger partial charge in [0.2, 0.25) is 5.91 Å². The Morgan fingerprint density at radius 1 is 1.33 bits per heavy atom. The molecule has 0 aromatic heterocycles. The zero-order chi connectivity index (χ0) is 13.1. The molecule has 1 aromatic rings. The molecule has 18 heavy (non-hydrogen) atoms. The standard InChI is InChI=1S/C14H15NO3/c1-10-2-4-11(5-3-10)12-8-13(16)15(9-12)7-6-14(17)18/h2-5,9H,6-8H2,1H3,(H,17,18). The summed E-state index contributed by atoms with van der Waals surface area (Å²) in [4.78, 5) is 23.7. The van der Waals surface area contributed by atoms with E-state index in [0.717, 1.165) is 11.1 Å². The van der Waals surface area contributed by atoms with Crippen molar-refractivity contribution in [1.29, 1.82) is 0 Å². The second-order valence-corrected chi connectivity index (χ2v) is 4.43. The van der Waals surface area contributed by atoms with Gasteiger partial charge in [0.1, 0.15) is 0 Å². The van der Waals surface area contributed by atoms with Gasteiger partial charge < -0.3 is 10.0 Å². The molecule has 0 saturated carbocycles. The van der Waals surface area contributed by atoms with E-state index in [1.807, 2.05) is 31.2 Å². The van der Waals surface area contributed by atoms with E-state index < -0.39 is 5.97 Å². The Morgan fingerprint density at radius 2 is 2.00 bits per heavy atom. The van der Waals surface area contributed by atoms with E-state index in [9.17, 15) is 9.59 Å². The van der Waals surface area contributed by atoms with E-state index in [2.05, 4.69) is 0 Å². The number of carbonyl (C=O) groups excluding carboxylic acids is 1. The van der Waals surface area contributed by atoms with Crippen LogP contribution in [0, 0.1) is 6.92 Å². The fourth-order valence-electron chi connectivity index (χ4n) is 1.92. The van der Waals surface area contributed by atoms with E-state index in [1.165, 1.54) is 10.5 Å². The molecule has 1 heterocycles. The third-order valence-electron chi connectivity index (χ3n) is 2.96. The Bertz CT molecular complexity index is 502. The molecule has 0 saturated heterocycles. The van der Waals surface area contributed by atoms with Gasteiger partial charge in [-0.3, -0.25) is 9.59 Å². The molecule has 0 aliphatic carbocycles. The van der Waals surface area contributed by atoms with Crippen molar-refractivity contribution in [3.05, 3.63) is 41.6 Å². The molecule has 1 aromatic carbocycles. The molecule has 2 rings (SSSR count). The van der Waals surface area contributed by atoms with Crippen LogP contribution >= 0.6 is 0 Å². The van der Waals surface area contributed by atoms with E-state index in [4.69, 9.17) is 5.11 Å². The van der Waals surface area contributed by atoms with Crippen molar-refractivity contribution >= 4 is 17.4 Å². The molecule has 0 spiro atoms. The Balaban J connectivity index is 2.11. The number of benzene rings is 1. The lowest BCUT2D eigenvalue weighted by molar-refractivity contribution is -0.137. The summed E-state index contributed by atoms with van der Waals surface area (Å²) in [5, 5.41) is 8.61. The Morgan fingerprint density at radius 3 is 2.61 bits per heavy atom. The first-order chi connectivity index (χ1) is 8.56. The molecule has 1 aliphatic heterocycles.